The Kier molecular flexibility index (Phi) is 3.85. The highest BCUT2D eigenvalue weighted by molar-refractivity contribution is 7.16. The van der Waals surface area contributed by atoms with E-state index in [2.05, 4.69) is 20.3 Å². The molecule has 21 heavy (non-hydrogen) atoms. The van der Waals surface area contributed by atoms with Crippen molar-refractivity contribution >= 4 is 33.6 Å². The second kappa shape index (κ2) is 5.79. The first-order valence-electron chi connectivity index (χ1n) is 6.33. The number of hydrogen-bond donors (Lipinski definition) is 1. The predicted molar refractivity (Wildman–Crippen MR) is 86.8 cm³/mol. The number of aryl methyl sites for hydroxylation is 2. The Morgan fingerprint density at radius 2 is 2.10 bits per heavy atom. The average molecular weight is 318 g/mol. The minimum Gasteiger partial charge on any atom is -0.493 e. The smallest absolute Gasteiger partial charge is 0.189 e. The number of rotatable bonds is 4. The largest absolute Gasteiger partial charge is 0.493 e. The van der Waals surface area contributed by atoms with Crippen LogP contribution in [0.5, 0.6) is 5.75 Å². The molecule has 0 aliphatic rings. The summed E-state index contributed by atoms with van der Waals surface area (Å²) >= 11 is 3.20. The summed E-state index contributed by atoms with van der Waals surface area (Å²) < 4.78 is 5.28. The van der Waals surface area contributed by atoms with Gasteiger partial charge < -0.3 is 10.1 Å². The second-order valence-corrected chi connectivity index (χ2v) is 6.43. The van der Waals surface area contributed by atoms with Crippen molar-refractivity contribution in [2.24, 2.45) is 0 Å². The van der Waals surface area contributed by atoms with Gasteiger partial charge in [0.05, 0.1) is 28.4 Å². The first kappa shape index (κ1) is 14.0. The van der Waals surface area contributed by atoms with E-state index in [9.17, 15) is 0 Å². The molecule has 0 saturated heterocycles. The van der Waals surface area contributed by atoms with Crippen molar-refractivity contribution in [3.63, 3.8) is 0 Å². The van der Waals surface area contributed by atoms with E-state index in [0.29, 0.717) is 11.6 Å². The molecule has 3 aromatic rings. The zero-order chi connectivity index (χ0) is 14.8. The molecule has 0 saturated carbocycles. The van der Waals surface area contributed by atoms with Crippen molar-refractivity contribution in [1.29, 1.82) is 0 Å². The quantitative estimate of drug-likeness (QED) is 0.787. The maximum Gasteiger partial charge on any atom is 0.189 e. The number of thiazole rings is 2. The highest BCUT2D eigenvalue weighted by Crippen LogP contribution is 2.33. The lowest BCUT2D eigenvalue weighted by Crippen LogP contribution is -1.96. The lowest BCUT2D eigenvalue weighted by molar-refractivity contribution is 0.415. The summed E-state index contributed by atoms with van der Waals surface area (Å²) in [6.45, 7) is 4.01. The fourth-order valence-corrected chi connectivity index (χ4v) is 3.61. The van der Waals surface area contributed by atoms with Gasteiger partial charge in [0.25, 0.3) is 0 Å². The van der Waals surface area contributed by atoms with E-state index in [-0.39, 0.29) is 0 Å². The number of aromatic nitrogens is 3. The molecule has 1 N–H and O–H groups in total. The number of methoxy groups -OCH3 is 1. The van der Waals surface area contributed by atoms with E-state index in [4.69, 9.17) is 4.74 Å². The third-order valence-corrected chi connectivity index (χ3v) is 4.71. The van der Waals surface area contributed by atoms with E-state index in [0.717, 1.165) is 26.4 Å². The van der Waals surface area contributed by atoms with Crippen molar-refractivity contribution in [3.8, 4) is 16.3 Å². The minimum absolute atomic E-state index is 0.665. The van der Waals surface area contributed by atoms with E-state index >= 15 is 0 Å². The summed E-state index contributed by atoms with van der Waals surface area (Å²) in [6, 6.07) is 3.70. The number of nitrogens with zero attached hydrogens (tertiary/aromatic N) is 3. The fourth-order valence-electron chi connectivity index (χ4n) is 1.95. The number of anilines is 2. The maximum absolute atomic E-state index is 5.28. The molecule has 108 valence electrons. The van der Waals surface area contributed by atoms with Crippen LogP contribution in [0.15, 0.2) is 23.7 Å². The van der Waals surface area contributed by atoms with Crippen LogP contribution >= 0.6 is 22.7 Å². The summed E-state index contributed by atoms with van der Waals surface area (Å²) in [5.74, 6) is 1.36. The monoisotopic (exact) mass is 318 g/mol. The Morgan fingerprint density at radius 3 is 2.81 bits per heavy atom. The lowest BCUT2D eigenvalue weighted by Gasteiger charge is -2.06. The summed E-state index contributed by atoms with van der Waals surface area (Å²) in [5.41, 5.74) is 1.96. The van der Waals surface area contributed by atoms with Crippen molar-refractivity contribution < 1.29 is 4.74 Å². The first-order valence-corrected chi connectivity index (χ1v) is 8.03. The summed E-state index contributed by atoms with van der Waals surface area (Å²) in [7, 11) is 1.62. The summed E-state index contributed by atoms with van der Waals surface area (Å²) in [4.78, 5) is 14.4. The molecular formula is C14H14N4OS2. The van der Waals surface area contributed by atoms with E-state index in [1.807, 2.05) is 31.4 Å². The van der Waals surface area contributed by atoms with Gasteiger partial charge in [0, 0.05) is 11.6 Å². The van der Waals surface area contributed by atoms with Gasteiger partial charge in [0.2, 0.25) is 0 Å². The highest BCUT2D eigenvalue weighted by atomic mass is 32.1. The van der Waals surface area contributed by atoms with Gasteiger partial charge in [-0.1, -0.05) is 0 Å². The molecule has 7 heteroatoms. The van der Waals surface area contributed by atoms with Crippen LogP contribution in [0.3, 0.4) is 0 Å². The third kappa shape index (κ3) is 2.88. The van der Waals surface area contributed by atoms with Gasteiger partial charge in [0.1, 0.15) is 0 Å². The van der Waals surface area contributed by atoms with Crippen LogP contribution in [-0.2, 0) is 0 Å². The minimum atomic E-state index is 0.665. The molecular weight excluding hydrogens is 304 g/mol. The van der Waals surface area contributed by atoms with Crippen LogP contribution in [-0.4, -0.2) is 22.1 Å². The number of pyridine rings is 1. The molecule has 0 fully saturated rings. The Balaban J connectivity index is 1.87. The molecule has 0 aromatic carbocycles. The van der Waals surface area contributed by atoms with Crippen LogP contribution in [0.1, 0.15) is 10.7 Å². The Labute approximate surface area is 130 Å². The lowest BCUT2D eigenvalue weighted by atomic mass is 10.3. The Bertz CT molecular complexity index is 766. The van der Waals surface area contributed by atoms with Crippen molar-refractivity contribution in [2.75, 3.05) is 12.4 Å². The van der Waals surface area contributed by atoms with Gasteiger partial charge in [0.15, 0.2) is 16.7 Å². The molecule has 3 aromatic heterocycles. The molecule has 0 atom stereocenters. The standard InChI is InChI=1S/C14H14N4OS2/c1-8-12(21-9(2)16-8)10-7-20-14(17-10)18-13-11(19-3)5-4-6-15-13/h4-7H,1-3H3,(H,15,17,18). The van der Waals surface area contributed by atoms with Crippen LogP contribution in [0.4, 0.5) is 10.9 Å². The molecule has 0 spiro atoms. The van der Waals surface area contributed by atoms with Gasteiger partial charge in [-0.15, -0.1) is 22.7 Å². The van der Waals surface area contributed by atoms with Crippen LogP contribution in [0, 0.1) is 13.8 Å². The van der Waals surface area contributed by atoms with Crippen LogP contribution in [0.2, 0.25) is 0 Å². The molecule has 0 bridgehead atoms. The van der Waals surface area contributed by atoms with Gasteiger partial charge in [-0.05, 0) is 26.0 Å². The maximum atomic E-state index is 5.28. The van der Waals surface area contributed by atoms with Crippen LogP contribution in [0.25, 0.3) is 10.6 Å². The highest BCUT2D eigenvalue weighted by Gasteiger charge is 2.12. The van der Waals surface area contributed by atoms with E-state index in [1.54, 1.807) is 24.6 Å². The Morgan fingerprint density at radius 1 is 1.24 bits per heavy atom. The van der Waals surface area contributed by atoms with Gasteiger partial charge in [-0.2, -0.15) is 0 Å². The molecule has 3 heterocycles. The van der Waals surface area contributed by atoms with E-state index in [1.165, 1.54) is 11.3 Å². The molecule has 0 aliphatic carbocycles. The van der Waals surface area contributed by atoms with Crippen molar-refractivity contribution in [3.05, 3.63) is 34.4 Å². The second-order valence-electron chi connectivity index (χ2n) is 4.36. The number of hydrogen-bond acceptors (Lipinski definition) is 7. The third-order valence-electron chi connectivity index (χ3n) is 2.86. The Hall–Kier alpha value is -1.99. The molecule has 0 aliphatic heterocycles. The first-order chi connectivity index (χ1) is 10.2. The average Bonchev–Trinajstić information content (AvgIpc) is 3.06. The number of ether oxygens (including phenoxy) is 1. The van der Waals surface area contributed by atoms with Gasteiger partial charge in [-0.25, -0.2) is 15.0 Å². The van der Waals surface area contributed by atoms with Crippen LogP contribution < -0.4 is 10.1 Å². The van der Waals surface area contributed by atoms with Crippen molar-refractivity contribution in [2.45, 2.75) is 13.8 Å². The predicted octanol–water partition coefficient (Wildman–Crippen LogP) is 4.03. The fraction of sp³-hybridized carbons (Fsp3) is 0.214. The summed E-state index contributed by atoms with van der Waals surface area (Å²) in [6.07, 6.45) is 1.72. The molecule has 0 unspecified atom stereocenters. The zero-order valence-electron chi connectivity index (χ0n) is 11.9. The molecule has 0 radical (unpaired) electrons. The van der Waals surface area contributed by atoms with Gasteiger partial charge in [-0.3, -0.25) is 0 Å². The van der Waals surface area contributed by atoms with E-state index < -0.39 is 0 Å². The number of nitrogens with one attached hydrogen (secondary N) is 1. The van der Waals surface area contributed by atoms with Crippen molar-refractivity contribution in [1.82, 2.24) is 15.0 Å². The zero-order valence-corrected chi connectivity index (χ0v) is 13.5. The molecule has 5 nitrogen and oxygen atoms in total. The molecule has 3 rings (SSSR count). The van der Waals surface area contributed by atoms with Gasteiger partial charge >= 0.3 is 0 Å². The molecule has 0 amide bonds. The summed E-state index contributed by atoms with van der Waals surface area (Å²) in [5, 5.41) is 7.06. The SMILES string of the molecule is COc1cccnc1Nc1nc(-c2sc(C)nc2C)cs1. The topological polar surface area (TPSA) is 59.9 Å². The normalized spacial score (nSPS) is 10.6.